The van der Waals surface area contributed by atoms with Crippen molar-refractivity contribution in [3.05, 3.63) is 34.3 Å². The molecule has 64 valence electrons. The number of nitrogens with two attached hydrogens (primary N) is 1. The third-order valence-electron chi connectivity index (χ3n) is 1.45. The average molecular weight is 186 g/mol. The van der Waals surface area contributed by atoms with E-state index in [0.717, 1.165) is 5.56 Å². The van der Waals surface area contributed by atoms with Crippen LogP contribution < -0.4 is 5.90 Å². The van der Waals surface area contributed by atoms with Crippen molar-refractivity contribution in [1.29, 1.82) is 0 Å². The van der Waals surface area contributed by atoms with E-state index in [2.05, 4.69) is 4.84 Å². The number of carbonyl (C=O) groups excluding carboxylic acids is 1. The maximum atomic E-state index is 10.9. The molecule has 0 saturated carbocycles. The maximum absolute atomic E-state index is 10.9. The minimum absolute atomic E-state index is 0.282. The summed E-state index contributed by atoms with van der Waals surface area (Å²) in [4.78, 5) is 14.9. The van der Waals surface area contributed by atoms with Crippen molar-refractivity contribution in [3.63, 3.8) is 0 Å². The van der Waals surface area contributed by atoms with Crippen LogP contribution in [0.4, 0.5) is 0 Å². The molecule has 1 rings (SSSR count). The molecular formula is C8H8ClNO2. The van der Waals surface area contributed by atoms with Gasteiger partial charge in [0.05, 0.1) is 10.6 Å². The van der Waals surface area contributed by atoms with Gasteiger partial charge in [-0.1, -0.05) is 17.7 Å². The Labute approximate surface area is 75.0 Å². The van der Waals surface area contributed by atoms with Crippen LogP contribution in [0.15, 0.2) is 18.2 Å². The molecule has 1 aromatic rings. The molecule has 0 aliphatic carbocycles. The summed E-state index contributed by atoms with van der Waals surface area (Å²) in [5, 5.41) is 0.352. The summed E-state index contributed by atoms with van der Waals surface area (Å²) >= 11 is 5.75. The van der Waals surface area contributed by atoms with Crippen molar-refractivity contribution in [3.8, 4) is 0 Å². The van der Waals surface area contributed by atoms with Gasteiger partial charge in [0.25, 0.3) is 0 Å². The van der Waals surface area contributed by atoms with Gasteiger partial charge in [-0.2, -0.15) is 5.90 Å². The SMILES string of the molecule is Cc1ccc(C(=O)ON)c(Cl)c1. The second-order valence-electron chi connectivity index (χ2n) is 2.39. The summed E-state index contributed by atoms with van der Waals surface area (Å²) in [5.41, 5.74) is 1.26. The van der Waals surface area contributed by atoms with Gasteiger partial charge in [-0.15, -0.1) is 0 Å². The molecule has 0 aliphatic heterocycles. The van der Waals surface area contributed by atoms with Gasteiger partial charge in [-0.3, -0.25) is 0 Å². The van der Waals surface area contributed by atoms with Gasteiger partial charge < -0.3 is 4.84 Å². The summed E-state index contributed by atoms with van der Waals surface area (Å²) in [6.45, 7) is 1.88. The highest BCUT2D eigenvalue weighted by atomic mass is 35.5. The topological polar surface area (TPSA) is 52.3 Å². The Kier molecular flexibility index (Phi) is 2.68. The fourth-order valence-electron chi connectivity index (χ4n) is 0.849. The van der Waals surface area contributed by atoms with E-state index < -0.39 is 5.97 Å². The first-order chi connectivity index (χ1) is 5.65. The van der Waals surface area contributed by atoms with E-state index in [4.69, 9.17) is 17.5 Å². The van der Waals surface area contributed by atoms with Crippen LogP contribution in [0.2, 0.25) is 5.02 Å². The molecule has 2 N–H and O–H groups in total. The van der Waals surface area contributed by atoms with Crippen molar-refractivity contribution in [2.75, 3.05) is 0 Å². The molecule has 0 aliphatic rings. The maximum Gasteiger partial charge on any atom is 0.358 e. The number of halogens is 1. The zero-order valence-electron chi connectivity index (χ0n) is 6.50. The summed E-state index contributed by atoms with van der Waals surface area (Å²) < 4.78 is 0. The Bertz CT molecular complexity index is 312. The Morgan fingerprint density at radius 1 is 1.58 bits per heavy atom. The van der Waals surface area contributed by atoms with Crippen molar-refractivity contribution in [2.24, 2.45) is 5.90 Å². The van der Waals surface area contributed by atoms with Crippen molar-refractivity contribution >= 4 is 17.6 Å². The standard InChI is InChI=1S/C8H8ClNO2/c1-5-2-3-6(7(9)4-5)8(11)12-10/h2-4H,10H2,1H3. The number of hydrogen-bond acceptors (Lipinski definition) is 3. The van der Waals surface area contributed by atoms with Crippen LogP contribution in [0, 0.1) is 6.92 Å². The molecule has 0 saturated heterocycles. The van der Waals surface area contributed by atoms with Crippen molar-refractivity contribution in [2.45, 2.75) is 6.92 Å². The molecule has 3 nitrogen and oxygen atoms in total. The number of rotatable bonds is 1. The van der Waals surface area contributed by atoms with E-state index in [-0.39, 0.29) is 5.56 Å². The zero-order chi connectivity index (χ0) is 9.14. The fourth-order valence-corrected chi connectivity index (χ4v) is 1.16. The lowest BCUT2D eigenvalue weighted by Crippen LogP contribution is -2.10. The number of benzene rings is 1. The predicted octanol–water partition coefficient (Wildman–Crippen LogP) is 1.68. The molecule has 0 atom stereocenters. The lowest BCUT2D eigenvalue weighted by atomic mass is 10.1. The molecule has 0 amide bonds. The van der Waals surface area contributed by atoms with Gasteiger partial charge in [-0.05, 0) is 24.6 Å². The molecule has 0 heterocycles. The molecular weight excluding hydrogens is 178 g/mol. The molecule has 0 unspecified atom stereocenters. The Morgan fingerprint density at radius 2 is 2.25 bits per heavy atom. The smallest absolute Gasteiger partial charge is 0.358 e. The number of carbonyl (C=O) groups is 1. The quantitative estimate of drug-likeness (QED) is 0.678. The van der Waals surface area contributed by atoms with E-state index in [1.54, 1.807) is 18.2 Å². The molecule has 12 heavy (non-hydrogen) atoms. The number of hydrogen-bond donors (Lipinski definition) is 1. The molecule has 0 aromatic heterocycles. The van der Waals surface area contributed by atoms with E-state index >= 15 is 0 Å². The van der Waals surface area contributed by atoms with Crippen LogP contribution in [0.1, 0.15) is 15.9 Å². The van der Waals surface area contributed by atoms with E-state index in [0.29, 0.717) is 5.02 Å². The second-order valence-corrected chi connectivity index (χ2v) is 2.80. The molecule has 4 heteroatoms. The molecule has 0 fully saturated rings. The van der Waals surface area contributed by atoms with Crippen LogP contribution in [-0.4, -0.2) is 5.97 Å². The second kappa shape index (κ2) is 3.56. The highest BCUT2D eigenvalue weighted by Gasteiger charge is 2.09. The third kappa shape index (κ3) is 1.75. The highest BCUT2D eigenvalue weighted by Crippen LogP contribution is 2.17. The largest absolute Gasteiger partial charge is 0.370 e. The average Bonchev–Trinajstić information content (AvgIpc) is 2.03. The van der Waals surface area contributed by atoms with Crippen LogP contribution >= 0.6 is 11.6 Å². The summed E-state index contributed by atoms with van der Waals surface area (Å²) in [7, 11) is 0. The third-order valence-corrected chi connectivity index (χ3v) is 1.76. The van der Waals surface area contributed by atoms with Crippen molar-refractivity contribution < 1.29 is 9.63 Å². The van der Waals surface area contributed by atoms with E-state index in [1.165, 1.54) is 0 Å². The normalized spacial score (nSPS) is 9.58. The monoisotopic (exact) mass is 185 g/mol. The molecule has 0 radical (unpaired) electrons. The zero-order valence-corrected chi connectivity index (χ0v) is 7.26. The van der Waals surface area contributed by atoms with Crippen LogP contribution in [0.25, 0.3) is 0 Å². The Morgan fingerprint density at radius 3 is 2.75 bits per heavy atom. The van der Waals surface area contributed by atoms with Gasteiger partial charge in [0.1, 0.15) is 0 Å². The van der Waals surface area contributed by atoms with E-state index in [9.17, 15) is 4.79 Å². The molecule has 0 bridgehead atoms. The Balaban J connectivity index is 3.09. The van der Waals surface area contributed by atoms with E-state index in [1.807, 2.05) is 6.92 Å². The lowest BCUT2D eigenvalue weighted by Gasteiger charge is -2.01. The minimum Gasteiger partial charge on any atom is -0.370 e. The number of aryl methyl sites for hydroxylation is 1. The molecule has 0 spiro atoms. The van der Waals surface area contributed by atoms with Crippen LogP contribution in [-0.2, 0) is 4.84 Å². The summed E-state index contributed by atoms with van der Waals surface area (Å²) in [6.07, 6.45) is 0. The van der Waals surface area contributed by atoms with Gasteiger partial charge in [0.2, 0.25) is 0 Å². The van der Waals surface area contributed by atoms with Gasteiger partial charge in [-0.25, -0.2) is 4.79 Å². The van der Waals surface area contributed by atoms with Gasteiger partial charge >= 0.3 is 5.97 Å². The van der Waals surface area contributed by atoms with Crippen LogP contribution in [0.3, 0.4) is 0 Å². The first-order valence-electron chi connectivity index (χ1n) is 3.32. The summed E-state index contributed by atoms with van der Waals surface area (Å²) in [5.74, 6) is 4.08. The minimum atomic E-state index is -0.625. The lowest BCUT2D eigenvalue weighted by molar-refractivity contribution is 0.0503. The molecule has 1 aromatic carbocycles. The summed E-state index contributed by atoms with van der Waals surface area (Å²) in [6, 6.07) is 5.01. The van der Waals surface area contributed by atoms with Crippen LogP contribution in [0.5, 0.6) is 0 Å². The first-order valence-corrected chi connectivity index (χ1v) is 3.70. The Hall–Kier alpha value is -1.06. The fraction of sp³-hybridized carbons (Fsp3) is 0.125. The van der Waals surface area contributed by atoms with Crippen molar-refractivity contribution in [1.82, 2.24) is 0 Å². The predicted molar refractivity (Wildman–Crippen MR) is 45.8 cm³/mol. The first kappa shape index (κ1) is 9.03. The van der Waals surface area contributed by atoms with Gasteiger partial charge in [0, 0.05) is 0 Å². The highest BCUT2D eigenvalue weighted by molar-refractivity contribution is 6.33. The van der Waals surface area contributed by atoms with Gasteiger partial charge in [0.15, 0.2) is 0 Å².